The summed E-state index contributed by atoms with van der Waals surface area (Å²) in [7, 11) is 1.74. The van der Waals surface area contributed by atoms with Crippen LogP contribution in [0.2, 0.25) is 0 Å². The molecular formula is C20H24N4O2S. The van der Waals surface area contributed by atoms with E-state index in [-0.39, 0.29) is 11.8 Å². The summed E-state index contributed by atoms with van der Waals surface area (Å²) in [5.74, 6) is 0.376. The van der Waals surface area contributed by atoms with Gasteiger partial charge in [-0.2, -0.15) is 0 Å². The van der Waals surface area contributed by atoms with Gasteiger partial charge in [-0.3, -0.25) is 19.5 Å². The molecule has 1 aliphatic rings. The Bertz CT molecular complexity index is 824. The van der Waals surface area contributed by atoms with Crippen LogP contribution in [0.15, 0.2) is 41.4 Å². The Morgan fingerprint density at radius 2 is 1.74 bits per heavy atom. The van der Waals surface area contributed by atoms with Crippen molar-refractivity contribution >= 4 is 29.1 Å². The topological polar surface area (TPSA) is 73.8 Å². The smallest absolute Gasteiger partial charge is 0.261 e. The zero-order valence-electron chi connectivity index (χ0n) is 15.6. The number of nitrogens with one attached hydrogen (secondary N) is 2. The number of hydrogen-bond acceptors (Lipinski definition) is 4. The zero-order chi connectivity index (χ0) is 19.2. The van der Waals surface area contributed by atoms with Gasteiger partial charge in [-0.15, -0.1) is 11.3 Å². The molecule has 1 aromatic carbocycles. The standard InChI is InChI=1S/C20H24N4O2S/c1-14-9-10-15(27-14)13-23-20(21-2)22-11-5-6-12-24-18(25)16-7-3-4-8-17(16)19(24)26/h3-4,7-10H,5-6,11-13H2,1-2H3,(H2,21,22,23). The van der Waals surface area contributed by atoms with Gasteiger partial charge in [-0.25, -0.2) is 0 Å². The Labute approximate surface area is 163 Å². The molecule has 27 heavy (non-hydrogen) atoms. The third-order valence-electron chi connectivity index (χ3n) is 4.43. The fraction of sp³-hybridized carbons (Fsp3) is 0.350. The molecule has 7 heteroatoms. The van der Waals surface area contributed by atoms with Crippen LogP contribution in [-0.4, -0.2) is 42.8 Å². The molecule has 142 valence electrons. The summed E-state index contributed by atoms with van der Waals surface area (Å²) < 4.78 is 0. The molecule has 0 radical (unpaired) electrons. The molecular weight excluding hydrogens is 360 g/mol. The SMILES string of the molecule is CN=C(NCCCCN1C(=O)c2ccccc2C1=O)NCc1ccc(C)s1. The predicted octanol–water partition coefficient (Wildman–Crippen LogP) is 2.80. The molecule has 2 amide bonds. The lowest BCUT2D eigenvalue weighted by molar-refractivity contribution is 0.0652. The number of imide groups is 1. The van der Waals surface area contributed by atoms with Gasteiger partial charge in [-0.1, -0.05) is 12.1 Å². The number of carbonyl (C=O) groups is 2. The second-order valence-corrected chi connectivity index (χ2v) is 7.75. The summed E-state index contributed by atoms with van der Waals surface area (Å²) in [6.07, 6.45) is 1.59. The van der Waals surface area contributed by atoms with Crippen LogP contribution in [0.1, 0.15) is 43.3 Å². The zero-order valence-corrected chi connectivity index (χ0v) is 16.4. The number of guanidine groups is 1. The van der Waals surface area contributed by atoms with E-state index in [1.54, 1.807) is 42.6 Å². The van der Waals surface area contributed by atoms with Gasteiger partial charge in [0.25, 0.3) is 11.8 Å². The van der Waals surface area contributed by atoms with Crippen molar-refractivity contribution in [2.24, 2.45) is 4.99 Å². The highest BCUT2D eigenvalue weighted by Crippen LogP contribution is 2.22. The maximum atomic E-state index is 12.3. The number of carbonyl (C=O) groups excluding carboxylic acids is 2. The van der Waals surface area contributed by atoms with E-state index >= 15 is 0 Å². The van der Waals surface area contributed by atoms with E-state index in [0.29, 0.717) is 17.7 Å². The average Bonchev–Trinajstić information content (AvgIpc) is 3.20. The molecule has 0 saturated heterocycles. The quantitative estimate of drug-likeness (QED) is 0.333. The van der Waals surface area contributed by atoms with E-state index in [1.165, 1.54) is 14.7 Å². The van der Waals surface area contributed by atoms with Crippen LogP contribution < -0.4 is 10.6 Å². The number of aryl methyl sites for hydroxylation is 1. The summed E-state index contributed by atoms with van der Waals surface area (Å²) in [4.78, 5) is 32.7. The first-order valence-electron chi connectivity index (χ1n) is 9.05. The largest absolute Gasteiger partial charge is 0.356 e. The van der Waals surface area contributed by atoms with Gasteiger partial charge < -0.3 is 10.6 Å². The van der Waals surface area contributed by atoms with Crippen molar-refractivity contribution in [2.75, 3.05) is 20.1 Å². The Kier molecular flexibility index (Phi) is 6.24. The lowest BCUT2D eigenvalue weighted by atomic mass is 10.1. The highest BCUT2D eigenvalue weighted by Gasteiger charge is 2.34. The molecule has 0 unspecified atom stereocenters. The van der Waals surface area contributed by atoms with Gasteiger partial charge in [0, 0.05) is 29.9 Å². The van der Waals surface area contributed by atoms with Crippen LogP contribution in [-0.2, 0) is 6.54 Å². The number of rotatable bonds is 7. The van der Waals surface area contributed by atoms with Crippen molar-refractivity contribution in [1.82, 2.24) is 15.5 Å². The van der Waals surface area contributed by atoms with E-state index < -0.39 is 0 Å². The third-order valence-corrected chi connectivity index (χ3v) is 5.43. The second-order valence-electron chi connectivity index (χ2n) is 6.38. The van der Waals surface area contributed by atoms with Gasteiger partial charge in [0.05, 0.1) is 17.7 Å². The van der Waals surface area contributed by atoms with Gasteiger partial charge in [0.15, 0.2) is 5.96 Å². The molecule has 2 heterocycles. The molecule has 2 N–H and O–H groups in total. The van der Waals surface area contributed by atoms with Gasteiger partial charge in [0.1, 0.15) is 0 Å². The van der Waals surface area contributed by atoms with E-state index in [9.17, 15) is 9.59 Å². The fourth-order valence-corrected chi connectivity index (χ4v) is 3.85. The normalized spacial score (nSPS) is 13.9. The monoisotopic (exact) mass is 384 g/mol. The number of fused-ring (bicyclic) bond motifs is 1. The summed E-state index contributed by atoms with van der Waals surface area (Å²) in [6, 6.07) is 11.2. The van der Waals surface area contributed by atoms with E-state index in [2.05, 4.69) is 34.7 Å². The van der Waals surface area contributed by atoms with Gasteiger partial charge in [0.2, 0.25) is 0 Å². The first-order chi connectivity index (χ1) is 13.1. The van der Waals surface area contributed by atoms with Crippen molar-refractivity contribution in [2.45, 2.75) is 26.3 Å². The summed E-state index contributed by atoms with van der Waals surface area (Å²) >= 11 is 1.77. The minimum atomic E-state index is -0.188. The van der Waals surface area contributed by atoms with Gasteiger partial charge in [-0.05, 0) is 44.0 Å². The Hall–Kier alpha value is -2.67. The Morgan fingerprint density at radius 3 is 2.33 bits per heavy atom. The summed E-state index contributed by atoms with van der Waals surface area (Å²) in [5, 5.41) is 6.55. The molecule has 3 rings (SSSR count). The molecule has 1 aliphatic heterocycles. The van der Waals surface area contributed by atoms with E-state index in [1.807, 2.05) is 0 Å². The van der Waals surface area contributed by atoms with Crippen LogP contribution in [0.3, 0.4) is 0 Å². The van der Waals surface area contributed by atoms with E-state index in [0.717, 1.165) is 31.9 Å². The van der Waals surface area contributed by atoms with Crippen molar-refractivity contribution in [1.29, 1.82) is 0 Å². The molecule has 0 spiro atoms. The number of nitrogens with zero attached hydrogens (tertiary/aromatic N) is 2. The highest BCUT2D eigenvalue weighted by atomic mass is 32.1. The lowest BCUT2D eigenvalue weighted by Crippen LogP contribution is -2.37. The Balaban J connectivity index is 1.38. The summed E-state index contributed by atoms with van der Waals surface area (Å²) in [6.45, 7) is 4.00. The van der Waals surface area contributed by atoms with Crippen LogP contribution in [0, 0.1) is 6.92 Å². The molecule has 0 atom stereocenters. The highest BCUT2D eigenvalue weighted by molar-refractivity contribution is 7.11. The molecule has 0 aliphatic carbocycles. The van der Waals surface area contributed by atoms with Crippen LogP contribution in [0.4, 0.5) is 0 Å². The molecule has 1 aromatic heterocycles. The number of aliphatic imine (C=N–C) groups is 1. The number of hydrogen-bond donors (Lipinski definition) is 2. The molecule has 0 bridgehead atoms. The minimum absolute atomic E-state index is 0.188. The third kappa shape index (κ3) is 4.54. The minimum Gasteiger partial charge on any atom is -0.356 e. The number of benzene rings is 1. The Morgan fingerprint density at radius 1 is 1.04 bits per heavy atom. The summed E-state index contributed by atoms with van der Waals surface area (Å²) in [5.41, 5.74) is 1.02. The fourth-order valence-electron chi connectivity index (χ4n) is 3.02. The number of unbranched alkanes of at least 4 members (excludes halogenated alkanes) is 1. The van der Waals surface area contributed by atoms with E-state index in [4.69, 9.17) is 0 Å². The van der Waals surface area contributed by atoms with Crippen LogP contribution in [0.5, 0.6) is 0 Å². The van der Waals surface area contributed by atoms with Gasteiger partial charge >= 0.3 is 0 Å². The van der Waals surface area contributed by atoms with Crippen LogP contribution in [0.25, 0.3) is 0 Å². The lowest BCUT2D eigenvalue weighted by Gasteiger charge is -2.14. The van der Waals surface area contributed by atoms with Crippen molar-refractivity contribution in [3.05, 3.63) is 57.3 Å². The maximum Gasteiger partial charge on any atom is 0.261 e. The van der Waals surface area contributed by atoms with Crippen molar-refractivity contribution < 1.29 is 9.59 Å². The molecule has 0 saturated carbocycles. The molecule has 0 fully saturated rings. The number of thiophene rings is 1. The second kappa shape index (κ2) is 8.81. The molecule has 6 nitrogen and oxygen atoms in total. The molecule has 2 aromatic rings. The number of amides is 2. The first-order valence-corrected chi connectivity index (χ1v) is 9.87. The van der Waals surface area contributed by atoms with Crippen LogP contribution >= 0.6 is 11.3 Å². The van der Waals surface area contributed by atoms with Crippen molar-refractivity contribution in [3.63, 3.8) is 0 Å². The predicted molar refractivity (Wildman–Crippen MR) is 108 cm³/mol. The first kappa shape index (κ1) is 19.1. The van der Waals surface area contributed by atoms with Crippen molar-refractivity contribution in [3.8, 4) is 0 Å². The maximum absolute atomic E-state index is 12.3. The average molecular weight is 385 g/mol.